The maximum absolute atomic E-state index is 4.27. The first-order valence-electron chi connectivity index (χ1n) is 4.81. The van der Waals surface area contributed by atoms with E-state index in [4.69, 9.17) is 0 Å². The first kappa shape index (κ1) is 10.4. The second-order valence-electron chi connectivity index (χ2n) is 3.31. The van der Waals surface area contributed by atoms with Crippen molar-refractivity contribution in [2.45, 2.75) is 12.2 Å². The molecule has 0 saturated heterocycles. The topological polar surface area (TPSA) is 12.9 Å². The van der Waals surface area contributed by atoms with Gasteiger partial charge in [0.05, 0.1) is 0 Å². The quantitative estimate of drug-likeness (QED) is 0.758. The van der Waals surface area contributed by atoms with Gasteiger partial charge in [-0.2, -0.15) is 0 Å². The molecule has 0 saturated carbocycles. The van der Waals surface area contributed by atoms with E-state index in [1.54, 1.807) is 0 Å². The molecule has 0 fully saturated rings. The van der Waals surface area contributed by atoms with Gasteiger partial charge in [0.25, 0.3) is 0 Å². The summed E-state index contributed by atoms with van der Waals surface area (Å²) in [6.45, 7) is 2.11. The zero-order valence-electron chi connectivity index (χ0n) is 8.57. The van der Waals surface area contributed by atoms with E-state index in [0.717, 1.165) is 9.91 Å². The Morgan fingerprint density at radius 2 is 1.87 bits per heavy atom. The fourth-order valence-electron chi connectivity index (χ4n) is 1.17. The van der Waals surface area contributed by atoms with Crippen LogP contribution >= 0.6 is 0 Å². The van der Waals surface area contributed by atoms with Crippen LogP contribution in [0.25, 0.3) is 0 Å². The van der Waals surface area contributed by atoms with E-state index in [1.807, 2.05) is 39.4 Å². The number of hydrogen-bond donors (Lipinski definition) is 0. The summed E-state index contributed by atoms with van der Waals surface area (Å²) < 4.78 is 1.07. The van der Waals surface area contributed by atoms with Crippen LogP contribution in [0.1, 0.15) is 11.1 Å². The van der Waals surface area contributed by atoms with E-state index in [9.17, 15) is 0 Å². The molecule has 0 N–H and O–H groups in total. The molecule has 0 aliphatic rings. The molecule has 2 aromatic rings. The number of nitrogens with zero attached hydrogens (tertiary/aromatic N) is 1. The third-order valence-electron chi connectivity index (χ3n) is 2.01. The van der Waals surface area contributed by atoms with Crippen molar-refractivity contribution < 1.29 is 15.0 Å². The van der Waals surface area contributed by atoms with Gasteiger partial charge in [-0.05, 0) is 0 Å². The molecule has 0 unspecified atom stereocenters. The summed E-state index contributed by atoms with van der Waals surface area (Å²) in [5.74, 6) is 0. The van der Waals surface area contributed by atoms with Crippen LogP contribution < -0.4 is 4.59 Å². The Balaban J connectivity index is 1.96. The minimum absolute atomic E-state index is 0.973. The predicted molar refractivity (Wildman–Crippen MR) is 58.8 cm³/mol. The molecule has 2 heteroatoms. The Hall–Kier alpha value is -1.11. The molecule has 0 amide bonds. The molecule has 0 radical (unpaired) electrons. The first-order valence-corrected chi connectivity index (χ1v) is 5.95. The van der Waals surface area contributed by atoms with E-state index >= 15 is 0 Å². The summed E-state index contributed by atoms with van der Waals surface area (Å²) in [4.78, 5) is 4.27. The van der Waals surface area contributed by atoms with Gasteiger partial charge >= 0.3 is 96.6 Å². The van der Waals surface area contributed by atoms with Gasteiger partial charge in [0, 0.05) is 0 Å². The summed E-state index contributed by atoms with van der Waals surface area (Å²) in [5, 5.41) is 0.973. The van der Waals surface area contributed by atoms with Crippen molar-refractivity contribution in [3.63, 3.8) is 0 Å². The van der Waals surface area contributed by atoms with Crippen LogP contribution in [0.2, 0.25) is 0 Å². The van der Waals surface area contributed by atoms with Gasteiger partial charge in [-0.3, -0.25) is 0 Å². The summed E-state index contributed by atoms with van der Waals surface area (Å²) in [6.07, 6.45) is 1.83. The Bertz CT molecular complexity index is 408. The minimum atomic E-state index is 0.973. The fraction of sp³-hybridized carbons (Fsp3) is 0.154. The van der Waals surface area contributed by atoms with E-state index < -0.39 is 0 Å². The van der Waals surface area contributed by atoms with Crippen LogP contribution in [0.4, 0.5) is 0 Å². The molecule has 0 aliphatic carbocycles. The standard InChI is InChI=1S/C8H9.C5H4N.Cu/c1-7-3-5-8(2)6-4-7;1-2-4-6-5-3-1;/h3-6H,1H2,2H3;1-4H;. The van der Waals surface area contributed by atoms with Crippen LogP contribution in [0.5, 0.6) is 0 Å². The summed E-state index contributed by atoms with van der Waals surface area (Å²) >= 11 is 1.86. The third kappa shape index (κ3) is 3.19. The summed E-state index contributed by atoms with van der Waals surface area (Å²) in [5.41, 5.74) is 2.64. The molecule has 1 aromatic carbocycles. The van der Waals surface area contributed by atoms with Gasteiger partial charge in [0.15, 0.2) is 0 Å². The number of rotatable bonds is 3. The molecule has 0 aliphatic heterocycles. The fourth-order valence-corrected chi connectivity index (χ4v) is 2.11. The van der Waals surface area contributed by atoms with Crippen LogP contribution in [-0.4, -0.2) is 4.98 Å². The Kier molecular flexibility index (Phi) is 3.54. The van der Waals surface area contributed by atoms with Gasteiger partial charge in [-0.15, -0.1) is 0 Å². The maximum atomic E-state index is 4.27. The van der Waals surface area contributed by atoms with Crippen molar-refractivity contribution >= 4 is 4.59 Å². The van der Waals surface area contributed by atoms with E-state index in [2.05, 4.69) is 36.2 Å². The molecule has 0 atom stereocenters. The average Bonchev–Trinajstić information content (AvgIpc) is 2.30. The number of benzene rings is 1. The van der Waals surface area contributed by atoms with Crippen molar-refractivity contribution in [3.05, 3.63) is 59.8 Å². The molecule has 15 heavy (non-hydrogen) atoms. The van der Waals surface area contributed by atoms with E-state index in [1.165, 1.54) is 11.1 Å². The number of hydrogen-bond acceptors (Lipinski definition) is 1. The Morgan fingerprint density at radius 3 is 2.53 bits per heavy atom. The third-order valence-corrected chi connectivity index (χ3v) is 3.18. The van der Waals surface area contributed by atoms with Crippen LogP contribution in [-0.2, 0) is 20.3 Å². The molecule has 2 rings (SSSR count). The first-order chi connectivity index (χ1) is 7.34. The van der Waals surface area contributed by atoms with Crippen molar-refractivity contribution in [2.75, 3.05) is 0 Å². The molecule has 1 heterocycles. The van der Waals surface area contributed by atoms with Gasteiger partial charge < -0.3 is 0 Å². The van der Waals surface area contributed by atoms with Crippen LogP contribution in [0, 0.1) is 6.92 Å². The molecular weight excluding hydrogens is 234 g/mol. The van der Waals surface area contributed by atoms with Gasteiger partial charge in [-0.25, -0.2) is 0 Å². The summed E-state index contributed by atoms with van der Waals surface area (Å²) in [6, 6.07) is 14.6. The Labute approximate surface area is 96.7 Å². The second-order valence-corrected chi connectivity index (χ2v) is 4.46. The molecule has 0 spiro atoms. The zero-order chi connectivity index (χ0) is 10.5. The number of aromatic nitrogens is 1. The van der Waals surface area contributed by atoms with Gasteiger partial charge in [-0.1, -0.05) is 0 Å². The SMILES string of the molecule is Cc1ccc([CH2][Cu][c]2ccccn2)cc1. The van der Waals surface area contributed by atoms with Crippen LogP contribution in [0.15, 0.2) is 48.7 Å². The summed E-state index contributed by atoms with van der Waals surface area (Å²) in [7, 11) is 0. The predicted octanol–water partition coefficient (Wildman–Crippen LogP) is 2.30. The van der Waals surface area contributed by atoms with Crippen molar-refractivity contribution in [1.82, 2.24) is 4.98 Å². The van der Waals surface area contributed by atoms with Crippen molar-refractivity contribution in [1.29, 1.82) is 0 Å². The zero-order valence-corrected chi connectivity index (χ0v) is 9.52. The average molecular weight is 247 g/mol. The van der Waals surface area contributed by atoms with E-state index in [0.29, 0.717) is 0 Å². The monoisotopic (exact) mass is 246 g/mol. The molecule has 0 bridgehead atoms. The molecule has 81 valence electrons. The number of pyridine rings is 1. The molecular formula is C13H13CuN. The van der Waals surface area contributed by atoms with Crippen molar-refractivity contribution in [2.24, 2.45) is 0 Å². The molecule has 1 nitrogen and oxygen atoms in total. The van der Waals surface area contributed by atoms with Gasteiger partial charge in [0.2, 0.25) is 0 Å². The van der Waals surface area contributed by atoms with Crippen LogP contribution in [0.3, 0.4) is 0 Å². The van der Waals surface area contributed by atoms with Crippen molar-refractivity contribution in [3.8, 4) is 0 Å². The number of aryl methyl sites for hydroxylation is 1. The normalized spacial score (nSPS) is 10.5. The van der Waals surface area contributed by atoms with Gasteiger partial charge in [0.1, 0.15) is 0 Å². The van der Waals surface area contributed by atoms with E-state index in [-0.39, 0.29) is 0 Å². The molecule has 1 aromatic heterocycles. The second kappa shape index (κ2) is 5.11. The Morgan fingerprint density at radius 1 is 1.07 bits per heavy atom.